The summed E-state index contributed by atoms with van der Waals surface area (Å²) in [6.07, 6.45) is 0. The van der Waals surface area contributed by atoms with Crippen LogP contribution in [0, 0.1) is 6.92 Å². The molecule has 2 aromatic carbocycles. The molecule has 0 aliphatic rings. The molecule has 0 aliphatic carbocycles. The van der Waals surface area contributed by atoms with Gasteiger partial charge in [-0.1, -0.05) is 66.4 Å². The smallest absolute Gasteiger partial charge is 0.131 e. The summed E-state index contributed by atoms with van der Waals surface area (Å²) in [5.74, 6) is 1.40. The van der Waals surface area contributed by atoms with Crippen molar-refractivity contribution in [3.63, 3.8) is 0 Å². The highest BCUT2D eigenvalue weighted by atomic mass is 32.2. The van der Waals surface area contributed by atoms with Gasteiger partial charge in [0.15, 0.2) is 5.82 Å². The molecular formula is C16H14N4S. The van der Waals surface area contributed by atoms with Gasteiger partial charge in [0.2, 0.25) is 5.16 Å². The van der Waals surface area contributed by atoms with Crippen molar-refractivity contribution in [1.29, 1.82) is 0 Å². The summed E-state index contributed by atoms with van der Waals surface area (Å²) in [7, 11) is 0. The van der Waals surface area contributed by atoms with E-state index in [0.29, 0.717) is 11.0 Å². The van der Waals surface area contributed by atoms with E-state index in [2.05, 4.69) is 56.8 Å². The standard InChI is InChI=1S/C16H14N4S/c1-12-17-19-16(20-18-12)21-11-13-7-9-15(10-8-13)14-5-3-2-4-6-14/h2-10H,11H2,1H3. The average Bonchev–Trinajstić information content (AvgIpc) is 2.56. The summed E-state index contributed by atoms with van der Waals surface area (Å²) in [5.41, 5.74) is 3.68. The Kier molecular flexibility index (Phi) is 4.21. The first-order valence-electron chi connectivity index (χ1n) is 6.62. The van der Waals surface area contributed by atoms with Crippen molar-refractivity contribution in [1.82, 2.24) is 20.4 Å². The molecule has 0 N–H and O–H groups in total. The quantitative estimate of drug-likeness (QED) is 0.689. The second kappa shape index (κ2) is 6.45. The van der Waals surface area contributed by atoms with Crippen molar-refractivity contribution < 1.29 is 0 Å². The molecular weight excluding hydrogens is 280 g/mol. The Labute approximate surface area is 127 Å². The molecule has 104 valence electrons. The first-order chi connectivity index (χ1) is 10.3. The molecule has 0 fully saturated rings. The van der Waals surface area contributed by atoms with Crippen LogP contribution in [-0.2, 0) is 5.75 Å². The fourth-order valence-electron chi connectivity index (χ4n) is 1.90. The SMILES string of the molecule is Cc1nnc(SCc2ccc(-c3ccccc3)cc2)nn1. The Hall–Kier alpha value is -2.27. The zero-order valence-electron chi connectivity index (χ0n) is 11.6. The molecule has 0 aliphatic heterocycles. The van der Waals surface area contributed by atoms with Crippen molar-refractivity contribution in [2.24, 2.45) is 0 Å². The van der Waals surface area contributed by atoms with E-state index in [0.717, 1.165) is 5.75 Å². The van der Waals surface area contributed by atoms with Gasteiger partial charge in [0.05, 0.1) is 0 Å². The van der Waals surface area contributed by atoms with Crippen molar-refractivity contribution >= 4 is 11.8 Å². The summed E-state index contributed by atoms with van der Waals surface area (Å²) >= 11 is 1.54. The molecule has 0 atom stereocenters. The van der Waals surface area contributed by atoms with Crippen LogP contribution in [0.25, 0.3) is 11.1 Å². The number of aryl methyl sites for hydroxylation is 1. The lowest BCUT2D eigenvalue weighted by molar-refractivity contribution is 0.713. The molecule has 5 heteroatoms. The van der Waals surface area contributed by atoms with Crippen LogP contribution in [0.5, 0.6) is 0 Å². The minimum atomic E-state index is 0.589. The molecule has 3 aromatic rings. The molecule has 4 nitrogen and oxygen atoms in total. The third-order valence-electron chi connectivity index (χ3n) is 2.99. The van der Waals surface area contributed by atoms with E-state index in [4.69, 9.17) is 0 Å². The van der Waals surface area contributed by atoms with Crippen LogP contribution in [0.2, 0.25) is 0 Å². The Morgan fingerprint density at radius 2 is 1.38 bits per heavy atom. The number of hydrogen-bond acceptors (Lipinski definition) is 5. The average molecular weight is 294 g/mol. The maximum Gasteiger partial charge on any atom is 0.230 e. The zero-order valence-corrected chi connectivity index (χ0v) is 12.4. The lowest BCUT2D eigenvalue weighted by Crippen LogP contribution is -1.97. The number of nitrogens with zero attached hydrogens (tertiary/aromatic N) is 4. The second-order valence-electron chi connectivity index (χ2n) is 4.58. The fourth-order valence-corrected chi connectivity index (χ4v) is 2.59. The largest absolute Gasteiger partial charge is 0.230 e. The van der Waals surface area contributed by atoms with Gasteiger partial charge in [-0.2, -0.15) is 0 Å². The van der Waals surface area contributed by atoms with Crippen LogP contribution < -0.4 is 0 Å². The molecule has 1 heterocycles. The summed E-state index contributed by atoms with van der Waals surface area (Å²) < 4.78 is 0. The van der Waals surface area contributed by atoms with E-state index in [1.807, 2.05) is 18.2 Å². The first-order valence-corrected chi connectivity index (χ1v) is 7.61. The number of aromatic nitrogens is 4. The third kappa shape index (κ3) is 3.64. The van der Waals surface area contributed by atoms with Gasteiger partial charge in [-0.3, -0.25) is 0 Å². The third-order valence-corrected chi connectivity index (χ3v) is 3.89. The molecule has 1 aromatic heterocycles. The number of rotatable bonds is 4. The number of benzene rings is 2. The maximum absolute atomic E-state index is 4.00. The van der Waals surface area contributed by atoms with E-state index >= 15 is 0 Å². The molecule has 0 radical (unpaired) electrons. The van der Waals surface area contributed by atoms with Crippen molar-refractivity contribution in [3.05, 3.63) is 66.0 Å². The summed E-state index contributed by atoms with van der Waals surface area (Å²) in [6, 6.07) is 18.9. The lowest BCUT2D eigenvalue weighted by Gasteiger charge is -2.04. The Morgan fingerprint density at radius 3 is 2.05 bits per heavy atom. The van der Waals surface area contributed by atoms with E-state index in [-0.39, 0.29) is 0 Å². The molecule has 0 spiro atoms. The van der Waals surface area contributed by atoms with Crippen LogP contribution >= 0.6 is 11.8 Å². The molecule has 0 saturated carbocycles. The second-order valence-corrected chi connectivity index (χ2v) is 5.52. The van der Waals surface area contributed by atoms with Crippen LogP contribution in [0.4, 0.5) is 0 Å². The molecule has 3 rings (SSSR count). The lowest BCUT2D eigenvalue weighted by atomic mass is 10.0. The van der Waals surface area contributed by atoms with Gasteiger partial charge in [0.25, 0.3) is 0 Å². The number of hydrogen-bond donors (Lipinski definition) is 0. The van der Waals surface area contributed by atoms with Gasteiger partial charge in [0, 0.05) is 5.75 Å². The Morgan fingerprint density at radius 1 is 0.762 bits per heavy atom. The maximum atomic E-state index is 4.00. The topological polar surface area (TPSA) is 51.6 Å². The summed E-state index contributed by atoms with van der Waals surface area (Å²) in [5, 5.41) is 16.4. The molecule has 21 heavy (non-hydrogen) atoms. The van der Waals surface area contributed by atoms with Crippen LogP contribution in [-0.4, -0.2) is 20.4 Å². The van der Waals surface area contributed by atoms with Gasteiger partial charge in [-0.15, -0.1) is 20.4 Å². The highest BCUT2D eigenvalue weighted by Gasteiger charge is 2.02. The summed E-state index contributed by atoms with van der Waals surface area (Å²) in [4.78, 5) is 0. The Balaban J connectivity index is 1.66. The van der Waals surface area contributed by atoms with Gasteiger partial charge < -0.3 is 0 Å². The first kappa shape index (κ1) is 13.7. The number of thioether (sulfide) groups is 1. The van der Waals surface area contributed by atoms with E-state index in [1.54, 1.807) is 6.92 Å². The summed E-state index contributed by atoms with van der Waals surface area (Å²) in [6.45, 7) is 1.77. The minimum Gasteiger partial charge on any atom is -0.131 e. The molecule has 0 saturated heterocycles. The minimum absolute atomic E-state index is 0.589. The Bertz CT molecular complexity index is 697. The highest BCUT2D eigenvalue weighted by molar-refractivity contribution is 7.98. The zero-order chi connectivity index (χ0) is 14.5. The van der Waals surface area contributed by atoms with Crippen molar-refractivity contribution in [2.45, 2.75) is 17.8 Å². The predicted molar refractivity (Wildman–Crippen MR) is 83.8 cm³/mol. The fraction of sp³-hybridized carbons (Fsp3) is 0.125. The predicted octanol–water partition coefficient (Wildman–Crippen LogP) is 3.53. The van der Waals surface area contributed by atoms with Gasteiger partial charge in [-0.25, -0.2) is 0 Å². The monoisotopic (exact) mass is 294 g/mol. The van der Waals surface area contributed by atoms with Gasteiger partial charge in [0.1, 0.15) is 0 Å². The van der Waals surface area contributed by atoms with Crippen LogP contribution in [0.15, 0.2) is 59.8 Å². The van der Waals surface area contributed by atoms with Crippen LogP contribution in [0.3, 0.4) is 0 Å². The van der Waals surface area contributed by atoms with Crippen molar-refractivity contribution in [3.8, 4) is 11.1 Å². The molecule has 0 bridgehead atoms. The van der Waals surface area contributed by atoms with E-state index in [9.17, 15) is 0 Å². The molecule has 0 amide bonds. The van der Waals surface area contributed by atoms with E-state index < -0.39 is 0 Å². The van der Waals surface area contributed by atoms with Crippen molar-refractivity contribution in [2.75, 3.05) is 0 Å². The highest BCUT2D eigenvalue weighted by Crippen LogP contribution is 2.22. The van der Waals surface area contributed by atoms with Crippen LogP contribution in [0.1, 0.15) is 11.4 Å². The normalized spacial score (nSPS) is 10.5. The van der Waals surface area contributed by atoms with Gasteiger partial charge >= 0.3 is 0 Å². The van der Waals surface area contributed by atoms with Gasteiger partial charge in [-0.05, 0) is 23.6 Å². The van der Waals surface area contributed by atoms with E-state index in [1.165, 1.54) is 28.5 Å². The molecule has 0 unspecified atom stereocenters.